The molecule has 0 saturated heterocycles. The summed E-state index contributed by atoms with van der Waals surface area (Å²) in [7, 11) is 0. The topological polar surface area (TPSA) is 60.3 Å². The highest BCUT2D eigenvalue weighted by atomic mass is 32.1. The molecule has 3 rings (SSSR count). The molecule has 1 amide bonds. The number of carbonyl (C=O) groups excluding carboxylic acids is 2. The summed E-state index contributed by atoms with van der Waals surface area (Å²) >= 11 is 1.62. The number of aromatic nitrogens is 1. The number of hydrogen-bond donors (Lipinski definition) is 1. The molecule has 5 nitrogen and oxygen atoms in total. The van der Waals surface area contributed by atoms with Gasteiger partial charge in [-0.15, -0.1) is 11.3 Å². The molecule has 2 aromatic heterocycles. The number of benzene rings is 1. The number of halogens is 2. The van der Waals surface area contributed by atoms with Gasteiger partial charge in [-0.25, -0.2) is 13.6 Å². The molecule has 0 aliphatic heterocycles. The molecule has 0 aliphatic carbocycles. The second kappa shape index (κ2) is 8.57. The van der Waals surface area contributed by atoms with Crippen LogP contribution in [-0.4, -0.2) is 22.5 Å². The van der Waals surface area contributed by atoms with Crippen LogP contribution in [-0.2, 0) is 16.1 Å². The number of ether oxygens (including phenoxy) is 1. The average molecular weight is 418 g/mol. The minimum Gasteiger partial charge on any atom is -0.449 e. The summed E-state index contributed by atoms with van der Waals surface area (Å²) in [6, 6.07) is 8.91. The molecule has 3 aromatic rings. The monoisotopic (exact) mass is 418 g/mol. The lowest BCUT2D eigenvalue weighted by atomic mass is 10.2. The Balaban J connectivity index is 1.70. The van der Waals surface area contributed by atoms with Gasteiger partial charge < -0.3 is 14.6 Å². The molecule has 29 heavy (non-hydrogen) atoms. The number of hydrogen-bond acceptors (Lipinski definition) is 4. The Morgan fingerprint density at radius 1 is 1.17 bits per heavy atom. The highest BCUT2D eigenvalue weighted by molar-refractivity contribution is 7.09. The Bertz CT molecular complexity index is 1020. The molecule has 0 bridgehead atoms. The van der Waals surface area contributed by atoms with Crippen LogP contribution >= 0.6 is 11.3 Å². The highest BCUT2D eigenvalue weighted by Gasteiger charge is 2.24. The van der Waals surface area contributed by atoms with Crippen LogP contribution < -0.4 is 5.32 Å². The van der Waals surface area contributed by atoms with Crippen molar-refractivity contribution in [3.05, 3.63) is 75.2 Å². The van der Waals surface area contributed by atoms with Crippen LogP contribution in [0, 0.1) is 25.5 Å². The standard InChI is InChI=1S/C21H20F2N2O3S/c1-12-10-16(13(2)25(12)11-15-6-5-9-29-15)21(27)28-14(3)20(26)24-19-17(22)7-4-8-18(19)23/h4-10,14H,11H2,1-3H3,(H,24,26)/t14-/m1/s1. The van der Waals surface area contributed by atoms with Crippen LogP contribution in [0.3, 0.4) is 0 Å². The van der Waals surface area contributed by atoms with Gasteiger partial charge in [0.05, 0.1) is 12.1 Å². The van der Waals surface area contributed by atoms with E-state index in [4.69, 9.17) is 4.74 Å². The molecule has 2 heterocycles. The number of rotatable bonds is 6. The van der Waals surface area contributed by atoms with Crippen molar-refractivity contribution in [2.45, 2.75) is 33.4 Å². The van der Waals surface area contributed by atoms with Gasteiger partial charge in [0, 0.05) is 16.3 Å². The first-order chi connectivity index (χ1) is 13.8. The summed E-state index contributed by atoms with van der Waals surface area (Å²) in [5, 5.41) is 4.11. The molecule has 0 unspecified atom stereocenters. The van der Waals surface area contributed by atoms with Crippen molar-refractivity contribution in [3.8, 4) is 0 Å². The number of para-hydroxylation sites is 1. The third kappa shape index (κ3) is 4.54. The molecule has 152 valence electrons. The maximum Gasteiger partial charge on any atom is 0.340 e. The predicted molar refractivity (Wildman–Crippen MR) is 107 cm³/mol. The summed E-state index contributed by atoms with van der Waals surface area (Å²) in [4.78, 5) is 25.9. The Kier molecular flexibility index (Phi) is 6.12. The van der Waals surface area contributed by atoms with E-state index in [1.54, 1.807) is 24.3 Å². The molecule has 0 fully saturated rings. The van der Waals surface area contributed by atoms with E-state index in [0.29, 0.717) is 17.8 Å². The third-order valence-electron chi connectivity index (χ3n) is 4.55. The van der Waals surface area contributed by atoms with Crippen molar-refractivity contribution < 1.29 is 23.1 Å². The van der Waals surface area contributed by atoms with E-state index < -0.39 is 35.3 Å². The first-order valence-corrected chi connectivity index (χ1v) is 9.81. The second-order valence-corrected chi connectivity index (χ2v) is 7.62. The van der Waals surface area contributed by atoms with E-state index in [1.807, 2.05) is 29.0 Å². The van der Waals surface area contributed by atoms with Crippen molar-refractivity contribution >= 4 is 28.9 Å². The summed E-state index contributed by atoms with van der Waals surface area (Å²) in [5.41, 5.74) is 1.37. The maximum atomic E-state index is 13.7. The van der Waals surface area contributed by atoms with Crippen LogP contribution in [0.25, 0.3) is 0 Å². The highest BCUT2D eigenvalue weighted by Crippen LogP contribution is 2.21. The van der Waals surface area contributed by atoms with Gasteiger partial charge in [-0.1, -0.05) is 12.1 Å². The molecule has 0 aliphatic rings. The SMILES string of the molecule is Cc1cc(C(=O)O[C@H](C)C(=O)Nc2c(F)cccc2F)c(C)n1Cc1cccs1. The predicted octanol–water partition coefficient (Wildman–Crippen LogP) is 4.68. The van der Waals surface area contributed by atoms with Crippen LogP contribution in [0.1, 0.15) is 33.5 Å². The van der Waals surface area contributed by atoms with Crippen molar-refractivity contribution in [1.82, 2.24) is 4.57 Å². The largest absolute Gasteiger partial charge is 0.449 e. The van der Waals surface area contributed by atoms with Crippen molar-refractivity contribution in [2.75, 3.05) is 5.32 Å². The fourth-order valence-corrected chi connectivity index (χ4v) is 3.62. The number of amides is 1. The fourth-order valence-electron chi connectivity index (χ4n) is 2.93. The van der Waals surface area contributed by atoms with Gasteiger partial charge in [0.25, 0.3) is 5.91 Å². The summed E-state index contributed by atoms with van der Waals surface area (Å²) in [6.07, 6.45) is -1.23. The minimum absolute atomic E-state index is 0.343. The van der Waals surface area contributed by atoms with Crippen molar-refractivity contribution in [2.24, 2.45) is 0 Å². The van der Waals surface area contributed by atoms with Crippen LogP contribution in [0.15, 0.2) is 41.8 Å². The normalized spacial score (nSPS) is 11.9. The average Bonchev–Trinajstić information content (AvgIpc) is 3.28. The number of nitrogens with zero attached hydrogens (tertiary/aromatic N) is 1. The lowest BCUT2D eigenvalue weighted by Gasteiger charge is -2.14. The molecular weight excluding hydrogens is 398 g/mol. The van der Waals surface area contributed by atoms with Crippen LogP contribution in [0.2, 0.25) is 0 Å². The van der Waals surface area contributed by atoms with Gasteiger partial charge in [0.2, 0.25) is 0 Å². The number of nitrogens with one attached hydrogen (secondary N) is 1. The number of aryl methyl sites for hydroxylation is 1. The van der Waals surface area contributed by atoms with Gasteiger partial charge in [-0.05, 0) is 50.4 Å². The Labute approximate surface area is 170 Å². The van der Waals surface area contributed by atoms with E-state index in [0.717, 1.165) is 22.7 Å². The zero-order valence-corrected chi connectivity index (χ0v) is 17.0. The van der Waals surface area contributed by atoms with Gasteiger partial charge in [0.15, 0.2) is 6.10 Å². The van der Waals surface area contributed by atoms with Crippen LogP contribution in [0.4, 0.5) is 14.5 Å². The maximum absolute atomic E-state index is 13.7. The van der Waals surface area contributed by atoms with E-state index in [1.165, 1.54) is 13.0 Å². The zero-order valence-electron chi connectivity index (χ0n) is 16.2. The Morgan fingerprint density at radius 2 is 1.86 bits per heavy atom. The van der Waals surface area contributed by atoms with Crippen molar-refractivity contribution in [1.29, 1.82) is 0 Å². The van der Waals surface area contributed by atoms with Crippen molar-refractivity contribution in [3.63, 3.8) is 0 Å². The molecule has 8 heteroatoms. The lowest BCUT2D eigenvalue weighted by molar-refractivity contribution is -0.123. The Hall–Kier alpha value is -3.00. The zero-order chi connectivity index (χ0) is 21.1. The summed E-state index contributed by atoms with van der Waals surface area (Å²) < 4.78 is 34.6. The van der Waals surface area contributed by atoms with E-state index in [9.17, 15) is 18.4 Å². The Morgan fingerprint density at radius 3 is 2.48 bits per heavy atom. The molecule has 1 aromatic carbocycles. The number of esters is 1. The summed E-state index contributed by atoms with van der Waals surface area (Å²) in [6.45, 7) is 5.66. The molecule has 0 spiro atoms. The molecule has 1 N–H and O–H groups in total. The van der Waals surface area contributed by atoms with Gasteiger partial charge >= 0.3 is 5.97 Å². The number of carbonyl (C=O) groups is 2. The van der Waals surface area contributed by atoms with E-state index >= 15 is 0 Å². The van der Waals surface area contributed by atoms with E-state index in [-0.39, 0.29) is 0 Å². The molecular formula is C21H20F2N2O3S. The number of thiophene rings is 1. The lowest BCUT2D eigenvalue weighted by Crippen LogP contribution is -2.30. The third-order valence-corrected chi connectivity index (χ3v) is 5.41. The van der Waals surface area contributed by atoms with Crippen LogP contribution in [0.5, 0.6) is 0 Å². The smallest absolute Gasteiger partial charge is 0.340 e. The second-order valence-electron chi connectivity index (χ2n) is 6.58. The molecule has 1 atom stereocenters. The van der Waals surface area contributed by atoms with Gasteiger partial charge in [0.1, 0.15) is 17.3 Å². The fraction of sp³-hybridized carbons (Fsp3) is 0.238. The first kappa shape index (κ1) is 20.7. The van der Waals surface area contributed by atoms with Gasteiger partial charge in [-0.2, -0.15) is 0 Å². The number of anilines is 1. The molecule has 0 saturated carbocycles. The van der Waals surface area contributed by atoms with E-state index in [2.05, 4.69) is 5.32 Å². The summed E-state index contributed by atoms with van der Waals surface area (Å²) in [5.74, 6) is -3.31. The van der Waals surface area contributed by atoms with Gasteiger partial charge in [-0.3, -0.25) is 4.79 Å². The minimum atomic E-state index is -1.23. The first-order valence-electron chi connectivity index (χ1n) is 8.93. The quantitative estimate of drug-likeness (QED) is 0.592. The molecule has 0 radical (unpaired) electrons.